The van der Waals surface area contributed by atoms with E-state index in [4.69, 9.17) is 5.11 Å². The molecule has 0 aliphatic carbocycles. The Morgan fingerprint density at radius 2 is 1.86 bits per heavy atom. The second kappa shape index (κ2) is 7.35. The quantitative estimate of drug-likeness (QED) is 0.614. The summed E-state index contributed by atoms with van der Waals surface area (Å²) in [5.41, 5.74) is 0. The third-order valence-corrected chi connectivity index (χ3v) is 2.06. The second-order valence-corrected chi connectivity index (χ2v) is 3.48. The Morgan fingerprint density at radius 1 is 1.29 bits per heavy atom. The van der Waals surface area contributed by atoms with E-state index in [1.54, 1.807) is 0 Å². The third-order valence-electron chi connectivity index (χ3n) is 2.06. The van der Waals surface area contributed by atoms with E-state index < -0.39 is 5.97 Å². The zero-order valence-electron chi connectivity index (χ0n) is 8.88. The van der Waals surface area contributed by atoms with Gasteiger partial charge in [0, 0.05) is 18.9 Å². The zero-order chi connectivity index (χ0) is 11.0. The van der Waals surface area contributed by atoms with Crippen molar-refractivity contribution in [3.63, 3.8) is 0 Å². The van der Waals surface area contributed by atoms with Crippen LogP contribution in [-0.2, 0) is 9.59 Å². The van der Waals surface area contributed by atoms with Gasteiger partial charge in [0.15, 0.2) is 0 Å². The fourth-order valence-electron chi connectivity index (χ4n) is 1.01. The number of hydrogen-bond donors (Lipinski definition) is 2. The lowest BCUT2D eigenvalue weighted by atomic mass is 10.1. The van der Waals surface area contributed by atoms with Crippen LogP contribution in [0.5, 0.6) is 0 Å². The van der Waals surface area contributed by atoms with E-state index >= 15 is 0 Å². The normalized spacial score (nSPS) is 12.1. The first-order valence-electron chi connectivity index (χ1n) is 5.07. The minimum absolute atomic E-state index is 0.0183. The van der Waals surface area contributed by atoms with Crippen LogP contribution in [-0.4, -0.2) is 23.0 Å². The zero-order valence-corrected chi connectivity index (χ0v) is 8.88. The van der Waals surface area contributed by atoms with Crippen LogP contribution in [0.4, 0.5) is 0 Å². The third kappa shape index (κ3) is 7.58. The molecule has 0 aromatic heterocycles. The molecule has 1 amide bonds. The van der Waals surface area contributed by atoms with Gasteiger partial charge in [-0.1, -0.05) is 6.92 Å². The molecule has 1 unspecified atom stereocenters. The maximum Gasteiger partial charge on any atom is 0.303 e. The van der Waals surface area contributed by atoms with Crippen molar-refractivity contribution in [1.29, 1.82) is 0 Å². The van der Waals surface area contributed by atoms with Gasteiger partial charge in [0.2, 0.25) is 5.91 Å². The molecule has 14 heavy (non-hydrogen) atoms. The Balaban J connectivity index is 3.40. The van der Waals surface area contributed by atoms with E-state index in [2.05, 4.69) is 5.32 Å². The number of amides is 1. The van der Waals surface area contributed by atoms with Gasteiger partial charge in [-0.15, -0.1) is 0 Å². The molecule has 0 rings (SSSR count). The first kappa shape index (κ1) is 12.9. The molecule has 0 aliphatic heterocycles. The van der Waals surface area contributed by atoms with Gasteiger partial charge in [-0.05, 0) is 26.2 Å². The topological polar surface area (TPSA) is 66.4 Å². The van der Waals surface area contributed by atoms with E-state index in [0.717, 1.165) is 6.42 Å². The molecule has 0 aromatic carbocycles. The number of aliphatic carboxylic acids is 1. The van der Waals surface area contributed by atoms with Gasteiger partial charge in [0.05, 0.1) is 0 Å². The molecular formula is C10H19NO3. The smallest absolute Gasteiger partial charge is 0.303 e. The number of carboxylic acids is 1. The number of hydrogen-bond acceptors (Lipinski definition) is 2. The largest absolute Gasteiger partial charge is 0.481 e. The Morgan fingerprint density at radius 3 is 2.36 bits per heavy atom. The van der Waals surface area contributed by atoms with Crippen LogP contribution < -0.4 is 5.32 Å². The molecule has 4 heteroatoms. The van der Waals surface area contributed by atoms with Crippen molar-refractivity contribution in [2.75, 3.05) is 0 Å². The molecule has 0 radical (unpaired) electrons. The van der Waals surface area contributed by atoms with Gasteiger partial charge in [0.25, 0.3) is 0 Å². The highest BCUT2D eigenvalue weighted by Crippen LogP contribution is 2.00. The number of unbranched alkanes of at least 4 members (excludes halogenated alkanes) is 1. The standard InChI is InChI=1S/C10H19NO3/c1-3-8(2)11-9(12)6-4-5-7-10(13)14/h8H,3-7H2,1-2H3,(H,11,12)(H,13,14). The Bertz CT molecular complexity index is 192. The highest BCUT2D eigenvalue weighted by molar-refractivity contribution is 5.76. The van der Waals surface area contributed by atoms with Crippen molar-refractivity contribution in [3.8, 4) is 0 Å². The Labute approximate surface area is 84.7 Å². The number of nitrogens with one attached hydrogen (secondary N) is 1. The molecule has 1 atom stereocenters. The average Bonchev–Trinajstić information content (AvgIpc) is 2.12. The van der Waals surface area contributed by atoms with Gasteiger partial charge >= 0.3 is 5.97 Å². The van der Waals surface area contributed by atoms with E-state index in [1.807, 2.05) is 13.8 Å². The Hall–Kier alpha value is -1.06. The molecule has 4 nitrogen and oxygen atoms in total. The van der Waals surface area contributed by atoms with E-state index in [1.165, 1.54) is 0 Å². The summed E-state index contributed by atoms with van der Waals surface area (Å²) in [7, 11) is 0. The molecule has 2 N–H and O–H groups in total. The van der Waals surface area contributed by atoms with Gasteiger partial charge in [-0.25, -0.2) is 0 Å². The number of carbonyl (C=O) groups is 2. The first-order valence-corrected chi connectivity index (χ1v) is 5.07. The summed E-state index contributed by atoms with van der Waals surface area (Å²) < 4.78 is 0. The predicted octanol–water partition coefficient (Wildman–Crippen LogP) is 1.55. The molecule has 0 aromatic rings. The highest BCUT2D eigenvalue weighted by atomic mass is 16.4. The van der Waals surface area contributed by atoms with Crippen LogP contribution in [0, 0.1) is 0 Å². The lowest BCUT2D eigenvalue weighted by Crippen LogP contribution is -2.31. The molecular weight excluding hydrogens is 182 g/mol. The summed E-state index contributed by atoms with van der Waals surface area (Å²) in [5, 5.41) is 11.2. The van der Waals surface area contributed by atoms with Crippen molar-refractivity contribution >= 4 is 11.9 Å². The molecule has 0 spiro atoms. The molecule has 82 valence electrons. The molecule has 0 aliphatic rings. The van der Waals surface area contributed by atoms with Crippen molar-refractivity contribution in [1.82, 2.24) is 5.32 Å². The highest BCUT2D eigenvalue weighted by Gasteiger charge is 2.05. The van der Waals surface area contributed by atoms with E-state index in [0.29, 0.717) is 19.3 Å². The fraction of sp³-hybridized carbons (Fsp3) is 0.800. The lowest BCUT2D eigenvalue weighted by molar-refractivity contribution is -0.137. The predicted molar refractivity (Wildman–Crippen MR) is 54.0 cm³/mol. The van der Waals surface area contributed by atoms with Crippen LogP contribution >= 0.6 is 0 Å². The maximum atomic E-state index is 11.2. The monoisotopic (exact) mass is 201 g/mol. The van der Waals surface area contributed by atoms with Gasteiger partial charge in [-0.2, -0.15) is 0 Å². The summed E-state index contributed by atoms with van der Waals surface area (Å²) in [4.78, 5) is 21.4. The first-order chi connectivity index (χ1) is 6.56. The SMILES string of the molecule is CCC(C)NC(=O)CCCCC(=O)O. The van der Waals surface area contributed by atoms with Gasteiger partial charge in [-0.3, -0.25) is 9.59 Å². The number of rotatable bonds is 7. The van der Waals surface area contributed by atoms with Crippen molar-refractivity contribution in [2.45, 2.75) is 52.0 Å². The second-order valence-electron chi connectivity index (χ2n) is 3.48. The van der Waals surface area contributed by atoms with Crippen molar-refractivity contribution in [2.24, 2.45) is 0 Å². The van der Waals surface area contributed by atoms with Crippen LogP contribution in [0.3, 0.4) is 0 Å². The van der Waals surface area contributed by atoms with Crippen molar-refractivity contribution < 1.29 is 14.7 Å². The van der Waals surface area contributed by atoms with Crippen LogP contribution in [0.25, 0.3) is 0 Å². The summed E-state index contributed by atoms with van der Waals surface area (Å²) in [6.07, 6.45) is 2.72. The molecule has 0 fully saturated rings. The summed E-state index contributed by atoms with van der Waals surface area (Å²) in [5.74, 6) is -0.780. The summed E-state index contributed by atoms with van der Waals surface area (Å²) >= 11 is 0. The summed E-state index contributed by atoms with van der Waals surface area (Å²) in [6.45, 7) is 3.96. The van der Waals surface area contributed by atoms with E-state index in [-0.39, 0.29) is 18.4 Å². The summed E-state index contributed by atoms with van der Waals surface area (Å²) in [6, 6.07) is 0.210. The maximum absolute atomic E-state index is 11.2. The molecule has 0 saturated carbocycles. The van der Waals surface area contributed by atoms with Crippen LogP contribution in [0.1, 0.15) is 46.0 Å². The van der Waals surface area contributed by atoms with Crippen LogP contribution in [0.2, 0.25) is 0 Å². The minimum atomic E-state index is -0.799. The number of carbonyl (C=O) groups excluding carboxylic acids is 1. The lowest BCUT2D eigenvalue weighted by Gasteiger charge is -2.10. The average molecular weight is 201 g/mol. The van der Waals surface area contributed by atoms with Crippen molar-refractivity contribution in [3.05, 3.63) is 0 Å². The van der Waals surface area contributed by atoms with Gasteiger partial charge < -0.3 is 10.4 Å². The van der Waals surface area contributed by atoms with Gasteiger partial charge in [0.1, 0.15) is 0 Å². The Kier molecular flexibility index (Phi) is 6.80. The number of carboxylic acid groups (broad SMARTS) is 1. The fourth-order valence-corrected chi connectivity index (χ4v) is 1.01. The minimum Gasteiger partial charge on any atom is -0.481 e. The van der Waals surface area contributed by atoms with Crippen LogP contribution in [0.15, 0.2) is 0 Å². The van der Waals surface area contributed by atoms with E-state index in [9.17, 15) is 9.59 Å². The molecule has 0 heterocycles. The molecule has 0 bridgehead atoms. The molecule has 0 saturated heterocycles.